The average Bonchev–Trinajstić information content (AvgIpc) is 3.71. The van der Waals surface area contributed by atoms with Crippen LogP contribution in [0.5, 0.6) is 0 Å². The molecule has 0 bridgehead atoms. The highest BCUT2D eigenvalue weighted by molar-refractivity contribution is 6.26. The molecular weight excluding hydrogens is 622 g/mol. The Bertz CT molecular complexity index is 1530. The lowest BCUT2D eigenvalue weighted by atomic mass is 9.83. The van der Waals surface area contributed by atoms with E-state index in [1.807, 2.05) is 12.1 Å². The van der Waals surface area contributed by atoms with Gasteiger partial charge in [0, 0.05) is 22.3 Å². The monoisotopic (exact) mass is 675 g/mol. The number of carbonyl (C=O) groups excluding carboxylic acids is 3. The standard InChI is InChI=1S/C31H46O2.C8H7N3O5/c1-22(2)12-9-13-23(3)14-10-15-24(4)16-11-17-25(5)20-21-27-26(6)30(32)28-18-7-8-19-29(28)31(27)33;12-8-10(3-4-15-8)9-5-6-1-2-7(16-6)11(13)14/h7-8,18-20,22-24H,9-17,21H2,1-6H3;1-2,5H,3-4H2/b;9-5+. The zero-order valence-corrected chi connectivity index (χ0v) is 30.0. The maximum atomic E-state index is 12.9. The first-order chi connectivity index (χ1) is 23.4. The Morgan fingerprint density at radius 3 is 2.10 bits per heavy atom. The lowest BCUT2D eigenvalue weighted by Gasteiger charge is -2.18. The maximum Gasteiger partial charge on any atom is 0.433 e. The summed E-state index contributed by atoms with van der Waals surface area (Å²) in [4.78, 5) is 46.1. The van der Waals surface area contributed by atoms with Gasteiger partial charge < -0.3 is 9.15 Å². The number of amides is 1. The second kappa shape index (κ2) is 19.6. The number of hydrogen-bond acceptors (Lipinski definition) is 8. The largest absolute Gasteiger partial charge is 0.446 e. The fourth-order valence-electron chi connectivity index (χ4n) is 6.01. The minimum Gasteiger partial charge on any atom is -0.446 e. The normalized spacial score (nSPS) is 16.2. The van der Waals surface area contributed by atoms with Crippen molar-refractivity contribution in [1.82, 2.24) is 5.01 Å². The summed E-state index contributed by atoms with van der Waals surface area (Å²) in [6.07, 6.45) is 15.1. The van der Waals surface area contributed by atoms with Gasteiger partial charge in [-0.2, -0.15) is 10.1 Å². The molecule has 1 amide bonds. The Morgan fingerprint density at radius 1 is 0.918 bits per heavy atom. The first kappa shape index (κ1) is 39.1. The molecule has 1 aromatic heterocycles. The van der Waals surface area contributed by atoms with Crippen LogP contribution in [0.1, 0.15) is 132 Å². The number of nitro groups is 1. The number of allylic oxidation sites excluding steroid dienone is 4. The molecule has 1 aliphatic heterocycles. The van der Waals surface area contributed by atoms with Crippen LogP contribution < -0.4 is 0 Å². The van der Waals surface area contributed by atoms with Gasteiger partial charge in [0.1, 0.15) is 11.5 Å². The smallest absolute Gasteiger partial charge is 0.433 e. The van der Waals surface area contributed by atoms with Crippen molar-refractivity contribution in [2.24, 2.45) is 22.9 Å². The van der Waals surface area contributed by atoms with Crippen LogP contribution in [-0.2, 0) is 4.74 Å². The Labute approximate surface area is 290 Å². The van der Waals surface area contributed by atoms with E-state index in [4.69, 9.17) is 4.42 Å². The molecule has 1 fully saturated rings. The van der Waals surface area contributed by atoms with E-state index in [1.165, 1.54) is 75.3 Å². The number of rotatable bonds is 17. The molecule has 4 rings (SSSR count). The van der Waals surface area contributed by atoms with Gasteiger partial charge in [0.15, 0.2) is 17.3 Å². The molecule has 2 aliphatic rings. The van der Waals surface area contributed by atoms with E-state index >= 15 is 0 Å². The van der Waals surface area contributed by atoms with Crippen molar-refractivity contribution in [2.75, 3.05) is 13.2 Å². The molecule has 1 aliphatic carbocycles. The first-order valence-electron chi connectivity index (χ1n) is 17.6. The number of fused-ring (bicyclic) bond motifs is 1. The Kier molecular flexibility index (Phi) is 15.6. The van der Waals surface area contributed by atoms with Gasteiger partial charge >= 0.3 is 12.0 Å². The quantitative estimate of drug-likeness (QED) is 0.0705. The topological polar surface area (TPSA) is 132 Å². The number of hydrazone groups is 1. The summed E-state index contributed by atoms with van der Waals surface area (Å²) >= 11 is 0. The summed E-state index contributed by atoms with van der Waals surface area (Å²) in [5.74, 6) is 2.31. The van der Waals surface area contributed by atoms with Crippen LogP contribution in [0.3, 0.4) is 0 Å². The van der Waals surface area contributed by atoms with E-state index in [0.717, 1.165) is 29.2 Å². The molecule has 0 N–H and O–H groups in total. The lowest BCUT2D eigenvalue weighted by molar-refractivity contribution is -0.402. The van der Waals surface area contributed by atoms with Gasteiger partial charge in [0.05, 0.1) is 18.8 Å². The second-order valence-electron chi connectivity index (χ2n) is 13.8. The molecule has 0 radical (unpaired) electrons. The second-order valence-corrected chi connectivity index (χ2v) is 13.8. The van der Waals surface area contributed by atoms with E-state index in [1.54, 1.807) is 19.1 Å². The van der Waals surface area contributed by atoms with Crippen LogP contribution in [0, 0.1) is 27.9 Å². The van der Waals surface area contributed by atoms with Gasteiger partial charge in [0.25, 0.3) is 0 Å². The predicted octanol–water partition coefficient (Wildman–Crippen LogP) is 10.1. The van der Waals surface area contributed by atoms with E-state index < -0.39 is 11.0 Å². The minimum absolute atomic E-state index is 0.00526. The van der Waals surface area contributed by atoms with Crippen molar-refractivity contribution in [3.05, 3.63) is 86.2 Å². The molecule has 1 saturated heterocycles. The van der Waals surface area contributed by atoms with Gasteiger partial charge in [0.2, 0.25) is 0 Å². The summed E-state index contributed by atoms with van der Waals surface area (Å²) in [6.45, 7) is 14.0. The molecule has 0 spiro atoms. The molecule has 2 atom stereocenters. The zero-order valence-electron chi connectivity index (χ0n) is 30.0. The molecule has 10 nitrogen and oxygen atoms in total. The number of hydrogen-bond donors (Lipinski definition) is 0. The highest BCUT2D eigenvalue weighted by Gasteiger charge is 2.28. The minimum atomic E-state index is -0.651. The summed E-state index contributed by atoms with van der Waals surface area (Å²) in [6, 6.07) is 9.78. The van der Waals surface area contributed by atoms with Gasteiger partial charge in [-0.1, -0.05) is 109 Å². The van der Waals surface area contributed by atoms with Gasteiger partial charge in [-0.15, -0.1) is 0 Å². The van der Waals surface area contributed by atoms with Crippen LogP contribution in [0.4, 0.5) is 10.7 Å². The molecule has 10 heteroatoms. The highest BCUT2D eigenvalue weighted by atomic mass is 16.6. The fraction of sp³-hybridized carbons (Fsp3) is 0.538. The molecule has 1 aromatic carbocycles. The average molecular weight is 676 g/mol. The fourth-order valence-corrected chi connectivity index (χ4v) is 6.01. The number of carbonyl (C=O) groups is 3. The highest BCUT2D eigenvalue weighted by Crippen LogP contribution is 2.29. The van der Waals surface area contributed by atoms with Gasteiger partial charge in [-0.3, -0.25) is 19.7 Å². The predicted molar refractivity (Wildman–Crippen MR) is 192 cm³/mol. The van der Waals surface area contributed by atoms with Crippen molar-refractivity contribution in [2.45, 2.75) is 106 Å². The van der Waals surface area contributed by atoms with Crippen molar-refractivity contribution in [3.8, 4) is 0 Å². The molecule has 2 aromatic rings. The molecule has 2 unspecified atom stereocenters. The van der Waals surface area contributed by atoms with E-state index in [9.17, 15) is 24.5 Å². The summed E-state index contributed by atoms with van der Waals surface area (Å²) < 4.78 is 9.44. The van der Waals surface area contributed by atoms with Crippen LogP contribution in [0.15, 0.2) is 68.7 Å². The number of ketones is 2. The molecule has 2 heterocycles. The zero-order chi connectivity index (χ0) is 35.9. The molecule has 0 saturated carbocycles. The maximum absolute atomic E-state index is 12.9. The molecular formula is C39H53N3O7. The van der Waals surface area contributed by atoms with Crippen LogP contribution in [0.2, 0.25) is 0 Å². The lowest BCUT2D eigenvalue weighted by Crippen LogP contribution is -2.20. The third-order valence-electron chi connectivity index (χ3n) is 9.13. The van der Waals surface area contributed by atoms with Crippen molar-refractivity contribution >= 4 is 29.8 Å². The SMILES string of the molecule is CC(=CCC1=C(C)C(=O)c2ccccc2C1=O)CCCC(C)CCCC(C)CCCC(C)C.O=C1OCCN1/N=C/c1ccc([N+](=O)[O-])o1. The van der Waals surface area contributed by atoms with Crippen LogP contribution in [0.25, 0.3) is 0 Å². The van der Waals surface area contributed by atoms with Crippen molar-refractivity contribution < 1.29 is 28.5 Å². The third-order valence-corrected chi connectivity index (χ3v) is 9.13. The summed E-state index contributed by atoms with van der Waals surface area (Å²) in [7, 11) is 0. The Balaban J connectivity index is 0.000000337. The van der Waals surface area contributed by atoms with Crippen LogP contribution >= 0.6 is 0 Å². The van der Waals surface area contributed by atoms with E-state index in [0.29, 0.717) is 35.2 Å². The van der Waals surface area contributed by atoms with E-state index in [2.05, 4.69) is 50.5 Å². The van der Waals surface area contributed by atoms with Gasteiger partial charge in [-0.05, 0) is 56.9 Å². The number of benzene rings is 1. The number of nitrogens with zero attached hydrogens (tertiary/aromatic N) is 3. The van der Waals surface area contributed by atoms with Crippen molar-refractivity contribution in [1.29, 1.82) is 0 Å². The number of furan rings is 1. The number of cyclic esters (lactones) is 1. The number of Topliss-reactive ketones (excluding diaryl/α,β-unsaturated/α-hetero) is 2. The third kappa shape index (κ3) is 12.6. The molecule has 49 heavy (non-hydrogen) atoms. The van der Waals surface area contributed by atoms with E-state index in [-0.39, 0.29) is 29.8 Å². The van der Waals surface area contributed by atoms with Crippen molar-refractivity contribution in [3.63, 3.8) is 0 Å². The number of ether oxygens (including phenoxy) is 1. The summed E-state index contributed by atoms with van der Waals surface area (Å²) in [5.41, 5.74) is 3.68. The Hall–Kier alpha value is -4.34. The summed E-state index contributed by atoms with van der Waals surface area (Å²) in [5, 5.41) is 15.2. The Morgan fingerprint density at radius 2 is 1.53 bits per heavy atom. The van der Waals surface area contributed by atoms with Gasteiger partial charge in [-0.25, -0.2) is 4.79 Å². The molecule has 266 valence electrons. The first-order valence-corrected chi connectivity index (χ1v) is 17.6. The van der Waals surface area contributed by atoms with Crippen LogP contribution in [-0.4, -0.2) is 47.0 Å².